The van der Waals surface area contributed by atoms with E-state index in [9.17, 15) is 22.4 Å². The summed E-state index contributed by atoms with van der Waals surface area (Å²) in [6.07, 6.45) is 1.74. The van der Waals surface area contributed by atoms with Gasteiger partial charge in [-0.25, -0.2) is 32.3 Å². The SMILES string of the molecule is CC(F)COc1cccc(S(=O)(=O)NCc2ncc(CN3CC(=O)NC3=O)cn2)c1. The quantitative estimate of drug-likeness (QED) is 0.554. The summed E-state index contributed by atoms with van der Waals surface area (Å²) in [5, 5.41) is 2.17. The first-order valence-electron chi connectivity index (χ1n) is 8.98. The number of rotatable bonds is 9. The molecule has 160 valence electrons. The van der Waals surface area contributed by atoms with Gasteiger partial charge in [0, 0.05) is 24.0 Å². The third kappa shape index (κ3) is 5.70. The van der Waals surface area contributed by atoms with Crippen LogP contribution in [0.1, 0.15) is 18.3 Å². The zero-order valence-electron chi connectivity index (χ0n) is 16.0. The summed E-state index contributed by atoms with van der Waals surface area (Å²) < 4.78 is 45.5. The lowest BCUT2D eigenvalue weighted by atomic mass is 10.3. The fourth-order valence-corrected chi connectivity index (χ4v) is 3.59. The van der Waals surface area contributed by atoms with Gasteiger partial charge in [0.2, 0.25) is 15.9 Å². The number of amides is 3. The zero-order valence-corrected chi connectivity index (χ0v) is 16.9. The van der Waals surface area contributed by atoms with E-state index in [-0.39, 0.29) is 48.6 Å². The maximum atomic E-state index is 12.9. The van der Waals surface area contributed by atoms with Crippen LogP contribution in [0.15, 0.2) is 41.6 Å². The number of urea groups is 1. The highest BCUT2D eigenvalue weighted by Gasteiger charge is 2.26. The second-order valence-electron chi connectivity index (χ2n) is 6.61. The summed E-state index contributed by atoms with van der Waals surface area (Å²) in [5.74, 6) is 0.0935. The van der Waals surface area contributed by atoms with Gasteiger partial charge in [0.25, 0.3) is 0 Å². The van der Waals surface area contributed by atoms with Crippen molar-refractivity contribution in [2.24, 2.45) is 0 Å². The maximum Gasteiger partial charge on any atom is 0.324 e. The molecule has 0 radical (unpaired) electrons. The fourth-order valence-electron chi connectivity index (χ4n) is 2.57. The first-order valence-corrected chi connectivity index (χ1v) is 10.5. The van der Waals surface area contributed by atoms with E-state index < -0.39 is 22.2 Å². The molecule has 0 bridgehead atoms. The van der Waals surface area contributed by atoms with Crippen molar-refractivity contribution in [2.75, 3.05) is 13.2 Å². The number of ether oxygens (including phenoxy) is 1. The molecule has 1 aromatic heterocycles. The van der Waals surface area contributed by atoms with Crippen molar-refractivity contribution in [1.29, 1.82) is 0 Å². The largest absolute Gasteiger partial charge is 0.491 e. The molecule has 3 rings (SSSR count). The Balaban J connectivity index is 1.58. The van der Waals surface area contributed by atoms with Crippen LogP contribution in [-0.4, -0.2) is 54.5 Å². The minimum absolute atomic E-state index is 0.0343. The minimum Gasteiger partial charge on any atom is -0.491 e. The van der Waals surface area contributed by atoms with Crippen LogP contribution < -0.4 is 14.8 Å². The van der Waals surface area contributed by atoms with Crippen molar-refractivity contribution in [3.05, 3.63) is 48.0 Å². The Labute approximate surface area is 172 Å². The van der Waals surface area contributed by atoms with Crippen LogP contribution in [0.4, 0.5) is 9.18 Å². The number of nitrogens with zero attached hydrogens (tertiary/aromatic N) is 3. The highest BCUT2D eigenvalue weighted by atomic mass is 32.2. The van der Waals surface area contributed by atoms with E-state index in [2.05, 4.69) is 20.0 Å². The van der Waals surface area contributed by atoms with E-state index in [1.54, 1.807) is 0 Å². The third-order valence-corrected chi connectivity index (χ3v) is 5.41. The number of carbonyl (C=O) groups is 2. The first-order chi connectivity index (χ1) is 14.2. The number of imide groups is 1. The van der Waals surface area contributed by atoms with Gasteiger partial charge in [-0.15, -0.1) is 0 Å². The molecule has 10 nitrogen and oxygen atoms in total. The van der Waals surface area contributed by atoms with Gasteiger partial charge in [0.1, 0.15) is 30.9 Å². The number of hydrogen-bond donors (Lipinski definition) is 2. The van der Waals surface area contributed by atoms with Gasteiger partial charge in [-0.05, 0) is 19.1 Å². The van der Waals surface area contributed by atoms with Crippen LogP contribution in [0.3, 0.4) is 0 Å². The predicted octanol–water partition coefficient (Wildman–Crippen LogP) is 0.744. The second-order valence-corrected chi connectivity index (χ2v) is 8.38. The molecule has 2 N–H and O–H groups in total. The summed E-state index contributed by atoms with van der Waals surface area (Å²) in [6, 6.07) is 5.25. The number of benzene rings is 1. The van der Waals surface area contributed by atoms with Crippen molar-refractivity contribution in [3.63, 3.8) is 0 Å². The van der Waals surface area contributed by atoms with Gasteiger partial charge >= 0.3 is 6.03 Å². The standard InChI is InChI=1S/C18H20FN5O5S/c1-12(19)11-29-14-3-2-4-15(5-14)30(27,28)22-8-16-20-6-13(7-21-16)9-24-10-17(25)23-18(24)26/h2-7,12,22H,8-11H2,1H3,(H,23,25,26). The van der Waals surface area contributed by atoms with Crippen molar-refractivity contribution < 1.29 is 27.1 Å². The average molecular weight is 437 g/mol. The summed E-state index contributed by atoms with van der Waals surface area (Å²) in [7, 11) is -3.86. The monoisotopic (exact) mass is 437 g/mol. The smallest absolute Gasteiger partial charge is 0.324 e. The second kappa shape index (κ2) is 9.13. The van der Waals surface area contributed by atoms with Gasteiger partial charge < -0.3 is 9.64 Å². The lowest BCUT2D eigenvalue weighted by Gasteiger charge is -2.12. The number of nitrogens with one attached hydrogen (secondary N) is 2. The molecule has 3 amide bonds. The topological polar surface area (TPSA) is 131 Å². The molecule has 12 heteroatoms. The van der Waals surface area contributed by atoms with Crippen LogP contribution in [0.25, 0.3) is 0 Å². The molecule has 0 spiro atoms. The van der Waals surface area contributed by atoms with Gasteiger partial charge in [0.15, 0.2) is 0 Å². The fraction of sp³-hybridized carbons (Fsp3) is 0.333. The molecule has 1 fully saturated rings. The molecule has 30 heavy (non-hydrogen) atoms. The van der Waals surface area contributed by atoms with E-state index in [4.69, 9.17) is 4.74 Å². The first kappa shape index (κ1) is 21.6. The Morgan fingerprint density at radius 2 is 2.03 bits per heavy atom. The van der Waals surface area contributed by atoms with E-state index in [1.165, 1.54) is 48.5 Å². The Bertz CT molecular complexity index is 1030. The lowest BCUT2D eigenvalue weighted by Crippen LogP contribution is -2.28. The highest BCUT2D eigenvalue weighted by Crippen LogP contribution is 2.18. The summed E-state index contributed by atoms with van der Waals surface area (Å²) in [6.45, 7) is 1.14. The Kier molecular flexibility index (Phi) is 6.57. The molecule has 0 saturated carbocycles. The van der Waals surface area contributed by atoms with Gasteiger partial charge in [-0.1, -0.05) is 6.07 Å². The molecule has 2 heterocycles. The molecule has 1 aliphatic rings. The van der Waals surface area contributed by atoms with Crippen LogP contribution >= 0.6 is 0 Å². The molecule has 0 aliphatic carbocycles. The van der Waals surface area contributed by atoms with Crippen molar-refractivity contribution >= 4 is 22.0 Å². The highest BCUT2D eigenvalue weighted by molar-refractivity contribution is 7.89. The van der Waals surface area contributed by atoms with E-state index >= 15 is 0 Å². The summed E-state index contributed by atoms with van der Waals surface area (Å²) in [5.41, 5.74) is 0.596. The van der Waals surface area contributed by atoms with Crippen LogP contribution in [-0.2, 0) is 27.9 Å². The Morgan fingerprint density at radius 1 is 1.30 bits per heavy atom. The molecule has 1 atom stereocenters. The number of halogens is 1. The molecule has 1 unspecified atom stereocenters. The number of carbonyl (C=O) groups excluding carboxylic acids is 2. The molecule has 1 aromatic carbocycles. The average Bonchev–Trinajstić information content (AvgIpc) is 3.03. The third-order valence-electron chi connectivity index (χ3n) is 4.02. The number of hydrogen-bond acceptors (Lipinski definition) is 7. The van der Waals surface area contributed by atoms with Crippen LogP contribution in [0.5, 0.6) is 5.75 Å². The number of aromatic nitrogens is 2. The molecule has 1 aliphatic heterocycles. The molecule has 2 aromatic rings. The summed E-state index contributed by atoms with van der Waals surface area (Å²) in [4.78, 5) is 32.2. The normalized spacial score (nSPS) is 15.2. The Hall–Kier alpha value is -3.12. The van der Waals surface area contributed by atoms with Crippen LogP contribution in [0, 0.1) is 0 Å². The van der Waals surface area contributed by atoms with Crippen molar-refractivity contribution in [3.8, 4) is 5.75 Å². The van der Waals surface area contributed by atoms with Crippen molar-refractivity contribution in [2.45, 2.75) is 31.1 Å². The lowest BCUT2D eigenvalue weighted by molar-refractivity contribution is -0.118. The number of sulfonamides is 1. The van der Waals surface area contributed by atoms with E-state index in [1.807, 2.05) is 0 Å². The van der Waals surface area contributed by atoms with Crippen LogP contribution in [0.2, 0.25) is 0 Å². The van der Waals surface area contributed by atoms with E-state index in [0.717, 1.165) is 0 Å². The summed E-state index contributed by atoms with van der Waals surface area (Å²) >= 11 is 0. The Morgan fingerprint density at radius 3 is 2.67 bits per heavy atom. The molecular formula is C18H20FN5O5S. The van der Waals surface area contributed by atoms with E-state index in [0.29, 0.717) is 5.56 Å². The minimum atomic E-state index is -3.86. The van der Waals surface area contributed by atoms with Gasteiger partial charge in [-0.3, -0.25) is 10.1 Å². The predicted molar refractivity (Wildman–Crippen MR) is 103 cm³/mol. The molecule has 1 saturated heterocycles. The maximum absolute atomic E-state index is 12.9. The van der Waals surface area contributed by atoms with Gasteiger partial charge in [0.05, 0.1) is 18.0 Å². The number of alkyl halides is 1. The zero-order chi connectivity index (χ0) is 21.7. The van der Waals surface area contributed by atoms with Crippen molar-refractivity contribution in [1.82, 2.24) is 24.9 Å². The van der Waals surface area contributed by atoms with Gasteiger partial charge in [-0.2, -0.15) is 0 Å². The molecular weight excluding hydrogens is 417 g/mol.